The predicted molar refractivity (Wildman–Crippen MR) is 226 cm³/mol. The first-order valence-electron chi connectivity index (χ1n) is 20.8. The lowest BCUT2D eigenvalue weighted by atomic mass is 9.65. The van der Waals surface area contributed by atoms with Crippen molar-refractivity contribution in [1.82, 2.24) is 30.6 Å². The van der Waals surface area contributed by atoms with Crippen LogP contribution in [0.4, 0.5) is 0 Å². The monoisotopic (exact) mass is 844 g/mol. The Labute approximate surface area is 361 Å². The zero-order valence-corrected chi connectivity index (χ0v) is 35.1. The molecule has 4 unspecified atom stereocenters. The molecule has 2 aromatic carbocycles. The number of carbonyl (C=O) groups excluding carboxylic acids is 6. The Hall–Kier alpha value is -6.13. The van der Waals surface area contributed by atoms with Crippen LogP contribution >= 0.6 is 0 Å². The van der Waals surface area contributed by atoms with Crippen molar-refractivity contribution in [3.63, 3.8) is 0 Å². The van der Waals surface area contributed by atoms with E-state index in [-0.39, 0.29) is 60.5 Å². The van der Waals surface area contributed by atoms with Gasteiger partial charge >= 0.3 is 26.2 Å². The van der Waals surface area contributed by atoms with Gasteiger partial charge in [-0.05, 0) is 48.6 Å². The molecule has 2 aliphatic rings. The molecule has 0 saturated carbocycles. The lowest BCUT2D eigenvalue weighted by molar-refractivity contribution is -0.147. The third-order valence-corrected chi connectivity index (χ3v) is 10.5. The minimum absolute atomic E-state index is 0.00187. The van der Waals surface area contributed by atoms with Crippen molar-refractivity contribution in [2.45, 2.75) is 96.2 Å². The van der Waals surface area contributed by atoms with E-state index < -0.39 is 73.9 Å². The van der Waals surface area contributed by atoms with Crippen LogP contribution in [-0.2, 0) is 50.6 Å². The molecule has 0 bridgehead atoms. The van der Waals surface area contributed by atoms with E-state index in [4.69, 9.17) is 18.6 Å². The molecule has 6 atom stereocenters. The highest BCUT2D eigenvalue weighted by molar-refractivity contribution is 6.53. The summed E-state index contributed by atoms with van der Waals surface area (Å²) in [6.07, 6.45) is 6.14. The summed E-state index contributed by atoms with van der Waals surface area (Å²) in [7, 11) is -2.52. The number of Topliss-reactive ketones (excluding diaryl/α,β-unsaturated/α-hetero) is 2. The Morgan fingerprint density at radius 1 is 0.661 bits per heavy atom. The number of nitrogens with one attached hydrogen (secondary N) is 2. The van der Waals surface area contributed by atoms with Crippen LogP contribution in [0.5, 0.6) is 0 Å². The van der Waals surface area contributed by atoms with Gasteiger partial charge in [0.15, 0.2) is 23.8 Å². The SMILES string of the molecule is CC(C)C[C@H](CC(=O)C(Cc1ccccc1)NC(=O)c1cnccn1)B1OC(=O)C(C2OB([C@H](CC(C)C)NC(=O)C(CC(=O)c3cnccn3)Cc3ccccc3)OC2=O)O1. The third-order valence-electron chi connectivity index (χ3n) is 10.5. The topological polar surface area (TPSA) is 215 Å². The highest BCUT2D eigenvalue weighted by Crippen LogP contribution is 2.34. The number of benzene rings is 2. The van der Waals surface area contributed by atoms with E-state index in [0.29, 0.717) is 12.8 Å². The van der Waals surface area contributed by atoms with E-state index >= 15 is 0 Å². The third kappa shape index (κ3) is 12.5. The second kappa shape index (κ2) is 21.6. The molecule has 16 nitrogen and oxygen atoms in total. The summed E-state index contributed by atoms with van der Waals surface area (Å²) in [5.41, 5.74) is 1.83. The minimum atomic E-state index is -1.53. The lowest BCUT2D eigenvalue weighted by Gasteiger charge is -2.25. The molecule has 2 saturated heterocycles. The average molecular weight is 845 g/mol. The number of rotatable bonds is 21. The highest BCUT2D eigenvalue weighted by atomic mass is 16.7. The van der Waals surface area contributed by atoms with Gasteiger partial charge in [-0.1, -0.05) is 88.4 Å². The van der Waals surface area contributed by atoms with Crippen LogP contribution < -0.4 is 10.6 Å². The first-order chi connectivity index (χ1) is 29.8. The van der Waals surface area contributed by atoms with Gasteiger partial charge in [0.2, 0.25) is 5.91 Å². The maximum Gasteiger partial charge on any atom is 0.552 e. The number of nitrogens with zero attached hydrogens (tertiary/aromatic N) is 4. The van der Waals surface area contributed by atoms with E-state index in [1.54, 1.807) is 0 Å². The van der Waals surface area contributed by atoms with Gasteiger partial charge < -0.3 is 29.3 Å². The number of amides is 2. The number of hydrogen-bond donors (Lipinski definition) is 2. The summed E-state index contributed by atoms with van der Waals surface area (Å²) in [5.74, 6) is -5.78. The van der Waals surface area contributed by atoms with E-state index in [0.717, 1.165) is 11.1 Å². The Morgan fingerprint density at radius 3 is 1.77 bits per heavy atom. The summed E-state index contributed by atoms with van der Waals surface area (Å²) >= 11 is 0. The summed E-state index contributed by atoms with van der Waals surface area (Å²) in [4.78, 5) is 97.7. The van der Waals surface area contributed by atoms with Gasteiger partial charge in [-0.15, -0.1) is 0 Å². The van der Waals surface area contributed by atoms with Crippen molar-refractivity contribution in [3.8, 4) is 0 Å². The van der Waals surface area contributed by atoms with Gasteiger partial charge in [0.25, 0.3) is 5.91 Å². The van der Waals surface area contributed by atoms with Crippen LogP contribution in [0.2, 0.25) is 5.82 Å². The van der Waals surface area contributed by atoms with Crippen LogP contribution in [0, 0.1) is 17.8 Å². The molecule has 322 valence electrons. The maximum atomic E-state index is 14.1. The maximum absolute atomic E-state index is 14.1. The molecule has 62 heavy (non-hydrogen) atoms. The Kier molecular flexibility index (Phi) is 15.8. The lowest BCUT2D eigenvalue weighted by Crippen LogP contribution is -2.50. The van der Waals surface area contributed by atoms with Crippen molar-refractivity contribution < 1.29 is 47.4 Å². The molecule has 2 aromatic heterocycles. The van der Waals surface area contributed by atoms with Crippen molar-refractivity contribution >= 4 is 49.6 Å². The Balaban J connectivity index is 1.15. The highest BCUT2D eigenvalue weighted by Gasteiger charge is 2.57. The van der Waals surface area contributed by atoms with Crippen molar-refractivity contribution in [3.05, 3.63) is 120 Å². The number of aromatic nitrogens is 4. The van der Waals surface area contributed by atoms with Gasteiger partial charge in [-0.25, -0.2) is 9.97 Å². The fourth-order valence-corrected chi connectivity index (χ4v) is 7.61. The van der Waals surface area contributed by atoms with Gasteiger partial charge in [-0.2, -0.15) is 0 Å². The molecular weight excluding hydrogens is 794 g/mol. The van der Waals surface area contributed by atoms with Crippen molar-refractivity contribution in [2.24, 2.45) is 17.8 Å². The molecule has 6 rings (SSSR count). The summed E-state index contributed by atoms with van der Waals surface area (Å²) in [5, 5.41) is 5.77. The molecular formula is C44H50B2N6O10. The van der Waals surface area contributed by atoms with Crippen LogP contribution in [0.25, 0.3) is 0 Å². The molecule has 4 heterocycles. The first kappa shape index (κ1) is 45.4. The summed E-state index contributed by atoms with van der Waals surface area (Å²) < 4.78 is 23.6. The normalized spacial score (nSPS) is 18.2. The average Bonchev–Trinajstić information content (AvgIpc) is 3.85. The fourth-order valence-electron chi connectivity index (χ4n) is 7.61. The minimum Gasteiger partial charge on any atom is -0.507 e. The van der Waals surface area contributed by atoms with Crippen molar-refractivity contribution in [2.75, 3.05) is 0 Å². The zero-order chi connectivity index (χ0) is 44.2. The molecule has 0 spiro atoms. The van der Waals surface area contributed by atoms with Gasteiger partial charge in [0.05, 0.1) is 24.4 Å². The quantitative estimate of drug-likeness (QED) is 0.0895. The van der Waals surface area contributed by atoms with E-state index in [1.807, 2.05) is 88.4 Å². The van der Waals surface area contributed by atoms with E-state index in [2.05, 4.69) is 30.6 Å². The number of hydrogen-bond acceptors (Lipinski definition) is 14. The second-order valence-corrected chi connectivity index (χ2v) is 16.4. The van der Waals surface area contributed by atoms with Crippen LogP contribution in [-0.4, -0.2) is 93.7 Å². The van der Waals surface area contributed by atoms with Gasteiger partial charge in [-0.3, -0.25) is 38.7 Å². The molecule has 18 heteroatoms. The predicted octanol–water partition coefficient (Wildman–Crippen LogP) is 4.05. The first-order valence-corrected chi connectivity index (χ1v) is 20.8. The molecule has 2 aliphatic heterocycles. The molecule has 2 fully saturated rings. The second-order valence-electron chi connectivity index (χ2n) is 16.4. The van der Waals surface area contributed by atoms with Gasteiger partial charge in [0, 0.05) is 49.4 Å². The number of carbonyl (C=O) groups is 6. The van der Waals surface area contributed by atoms with Crippen LogP contribution in [0.15, 0.2) is 97.8 Å². The summed E-state index contributed by atoms with van der Waals surface area (Å²) in [6, 6.07) is 17.5. The fraction of sp³-hybridized carbons (Fsp3) is 0.409. The largest absolute Gasteiger partial charge is 0.552 e. The zero-order valence-electron chi connectivity index (χ0n) is 35.1. The van der Waals surface area contributed by atoms with E-state index in [9.17, 15) is 28.8 Å². The standard InChI is InChI=1S/C44H50B2N6O10/c1-27(2)19-32(24-37(54)33(22-30-13-9-6-10-14-30)51-42(56)35-26-48-16-18-50-35)45-59-39(43(57)61-45)40-44(58)62-46(60-40)38(20-28(3)4)52-41(55)31(21-29-11-7-5-8-12-29)23-36(53)34-25-47-15-17-49-34/h5-18,25-28,31-33,38-40H,19-24H2,1-4H3,(H,51,56)(H,52,55)/t31?,32-,33?,38+,39?,40?/m1/s1. The Morgan fingerprint density at radius 2 is 1.21 bits per heavy atom. The molecule has 0 aliphatic carbocycles. The van der Waals surface area contributed by atoms with Crippen molar-refractivity contribution in [1.29, 1.82) is 0 Å². The van der Waals surface area contributed by atoms with Crippen LogP contribution in [0.1, 0.15) is 85.5 Å². The smallest absolute Gasteiger partial charge is 0.507 e. The van der Waals surface area contributed by atoms with Gasteiger partial charge in [0.1, 0.15) is 11.4 Å². The number of ketones is 2. The van der Waals surface area contributed by atoms with E-state index in [1.165, 1.54) is 37.2 Å². The molecule has 2 N–H and O–H groups in total. The molecule has 4 aromatic rings. The Bertz CT molecular complexity index is 2000. The summed E-state index contributed by atoms with van der Waals surface area (Å²) in [6.45, 7) is 7.75. The molecule has 2 amide bonds. The molecule has 0 radical (unpaired) electrons. The van der Waals surface area contributed by atoms with Crippen LogP contribution in [0.3, 0.4) is 0 Å².